The molecule has 0 unspecified atom stereocenters. The third-order valence-corrected chi connectivity index (χ3v) is 17.6. The SMILES string of the molecule is C=C([Si](C)O[Si](C)(C)C[Si]O[SiH](C)C)[Si](C)(C)O. The molecule has 0 saturated heterocycles. The molecule has 18 heavy (non-hydrogen) atoms. The molecule has 0 aliphatic rings. The lowest BCUT2D eigenvalue weighted by Crippen LogP contribution is -2.44. The highest BCUT2D eigenvalue weighted by Crippen LogP contribution is 2.19. The Balaban J connectivity index is 4.27. The van der Waals surface area contributed by atoms with Crippen LogP contribution in [0.4, 0.5) is 0 Å². The fourth-order valence-corrected chi connectivity index (χ4v) is 13.8. The molecule has 3 nitrogen and oxygen atoms in total. The van der Waals surface area contributed by atoms with Crippen LogP contribution in [-0.4, -0.2) is 49.3 Å². The Hall–Kier alpha value is 0.704. The normalized spacial score (nSPS) is 13.4. The lowest BCUT2D eigenvalue weighted by molar-refractivity contribution is 0.553. The van der Waals surface area contributed by atoms with E-state index >= 15 is 0 Å². The van der Waals surface area contributed by atoms with Crippen LogP contribution in [0.5, 0.6) is 0 Å². The lowest BCUT2D eigenvalue weighted by Gasteiger charge is -2.30. The summed E-state index contributed by atoms with van der Waals surface area (Å²) in [6.45, 7) is 18.8. The average molecular weight is 336 g/mol. The summed E-state index contributed by atoms with van der Waals surface area (Å²) in [6.07, 6.45) is 0. The molecule has 0 atom stereocenters. The maximum Gasteiger partial charge on any atom is 0.224 e. The second-order valence-corrected chi connectivity index (χ2v) is 21.0. The van der Waals surface area contributed by atoms with E-state index in [9.17, 15) is 4.80 Å². The van der Waals surface area contributed by atoms with Gasteiger partial charge in [-0.3, -0.25) is 0 Å². The first-order valence-electron chi connectivity index (χ1n) is 6.29. The van der Waals surface area contributed by atoms with Crippen molar-refractivity contribution in [3.05, 3.63) is 11.4 Å². The molecule has 0 aliphatic heterocycles. The van der Waals surface area contributed by atoms with Gasteiger partial charge in [0.1, 0.15) is 0 Å². The van der Waals surface area contributed by atoms with Gasteiger partial charge in [-0.1, -0.05) is 0 Å². The summed E-state index contributed by atoms with van der Waals surface area (Å²) in [6, 6.07) is 0. The fraction of sp³-hybridized carbons (Fsp3) is 0.800. The van der Waals surface area contributed by atoms with Crippen molar-refractivity contribution >= 4 is 44.5 Å². The van der Waals surface area contributed by atoms with Crippen LogP contribution in [0.2, 0.25) is 51.5 Å². The topological polar surface area (TPSA) is 38.7 Å². The molecule has 1 N–H and O–H groups in total. The quantitative estimate of drug-likeness (QED) is 0.691. The predicted octanol–water partition coefficient (Wildman–Crippen LogP) is 2.24. The van der Waals surface area contributed by atoms with Crippen LogP contribution in [0.3, 0.4) is 0 Å². The van der Waals surface area contributed by atoms with Crippen LogP contribution in [0.25, 0.3) is 0 Å². The number of hydrogen-bond acceptors (Lipinski definition) is 3. The van der Waals surface area contributed by atoms with E-state index in [2.05, 4.69) is 39.3 Å². The molecule has 0 spiro atoms. The van der Waals surface area contributed by atoms with Crippen molar-refractivity contribution in [3.63, 3.8) is 0 Å². The summed E-state index contributed by atoms with van der Waals surface area (Å²) in [7, 11) is -5.34. The highest BCUT2D eigenvalue weighted by Gasteiger charge is 2.33. The standard InChI is InChI=1S/C10H27O3Si5/c1-10(18(7,8)11)16(4)13-17(5,6)9-14-12-15(2)3/h11,15H,1,9H2,2-8H3. The van der Waals surface area contributed by atoms with Gasteiger partial charge in [0.25, 0.3) is 0 Å². The first kappa shape index (κ1) is 18.7. The van der Waals surface area contributed by atoms with Crippen molar-refractivity contribution in [1.29, 1.82) is 0 Å². The van der Waals surface area contributed by atoms with Gasteiger partial charge in [0, 0.05) is 0 Å². The van der Waals surface area contributed by atoms with Crippen LogP contribution in [0, 0.1) is 0 Å². The van der Waals surface area contributed by atoms with Crippen LogP contribution in [0.1, 0.15) is 0 Å². The lowest BCUT2D eigenvalue weighted by atomic mass is 11.2. The molecule has 0 aliphatic carbocycles. The Bertz CT molecular complexity index is 275. The Labute approximate surface area is 120 Å². The molecular weight excluding hydrogens is 309 g/mol. The van der Waals surface area contributed by atoms with Gasteiger partial charge in [-0.2, -0.15) is 0 Å². The van der Waals surface area contributed by atoms with Gasteiger partial charge in [-0.15, -0.1) is 6.58 Å². The highest BCUT2D eigenvalue weighted by atomic mass is 28.4. The van der Waals surface area contributed by atoms with Crippen LogP contribution < -0.4 is 0 Å². The van der Waals surface area contributed by atoms with E-state index in [0.717, 1.165) is 10.5 Å². The summed E-state index contributed by atoms with van der Waals surface area (Å²) in [4.78, 5) is 11.1. The predicted molar refractivity (Wildman–Crippen MR) is 89.5 cm³/mol. The van der Waals surface area contributed by atoms with Crippen molar-refractivity contribution < 1.29 is 13.0 Å². The molecule has 0 rings (SSSR count). The van der Waals surface area contributed by atoms with E-state index in [1.165, 1.54) is 0 Å². The van der Waals surface area contributed by atoms with Gasteiger partial charge in [0.15, 0.2) is 17.4 Å². The minimum Gasteiger partial charge on any atom is -0.459 e. The van der Waals surface area contributed by atoms with Crippen molar-refractivity contribution in [2.24, 2.45) is 0 Å². The molecule has 0 aromatic carbocycles. The summed E-state index contributed by atoms with van der Waals surface area (Å²) in [5.41, 5.74) is 1.06. The Morgan fingerprint density at radius 2 is 1.83 bits per heavy atom. The molecule has 0 heterocycles. The molecule has 0 saturated carbocycles. The van der Waals surface area contributed by atoms with Crippen LogP contribution >= 0.6 is 0 Å². The second-order valence-electron chi connectivity index (χ2n) is 5.94. The van der Waals surface area contributed by atoms with Crippen molar-refractivity contribution in [2.45, 2.75) is 51.5 Å². The van der Waals surface area contributed by atoms with E-state index in [-0.39, 0.29) is 0 Å². The van der Waals surface area contributed by atoms with Crippen molar-refractivity contribution in [1.82, 2.24) is 0 Å². The van der Waals surface area contributed by atoms with Gasteiger partial charge < -0.3 is 13.0 Å². The van der Waals surface area contributed by atoms with Gasteiger partial charge in [0.05, 0.1) is 0 Å². The van der Waals surface area contributed by atoms with E-state index in [4.69, 9.17) is 8.23 Å². The van der Waals surface area contributed by atoms with Crippen LogP contribution in [-0.2, 0) is 8.23 Å². The first-order valence-corrected chi connectivity index (χ1v) is 18.2. The molecule has 0 bridgehead atoms. The Morgan fingerprint density at radius 1 is 1.33 bits per heavy atom. The fourth-order valence-electron chi connectivity index (χ4n) is 1.33. The molecule has 8 heteroatoms. The molecule has 0 aromatic heterocycles. The smallest absolute Gasteiger partial charge is 0.224 e. The van der Waals surface area contributed by atoms with E-state index < -0.39 is 34.7 Å². The molecule has 3 radical (unpaired) electrons. The summed E-state index contributed by atoms with van der Waals surface area (Å²) >= 11 is 0. The monoisotopic (exact) mass is 335 g/mol. The van der Waals surface area contributed by atoms with E-state index in [0.29, 0.717) is 9.76 Å². The van der Waals surface area contributed by atoms with Crippen molar-refractivity contribution in [3.8, 4) is 0 Å². The first-order chi connectivity index (χ1) is 7.96. The third kappa shape index (κ3) is 7.99. The largest absolute Gasteiger partial charge is 0.459 e. The van der Waals surface area contributed by atoms with E-state index in [1.807, 2.05) is 13.1 Å². The Morgan fingerprint density at radius 3 is 2.22 bits per heavy atom. The van der Waals surface area contributed by atoms with Gasteiger partial charge in [-0.25, -0.2) is 0 Å². The summed E-state index contributed by atoms with van der Waals surface area (Å²) in [5, 5.41) is 0. The number of hydrogen-bond donors (Lipinski definition) is 1. The molecule has 0 amide bonds. The molecule has 0 aromatic rings. The van der Waals surface area contributed by atoms with Crippen molar-refractivity contribution in [2.75, 3.05) is 0 Å². The zero-order chi connectivity index (χ0) is 14.6. The van der Waals surface area contributed by atoms with Gasteiger partial charge in [-0.05, 0) is 56.3 Å². The highest BCUT2D eigenvalue weighted by molar-refractivity contribution is 6.95. The zero-order valence-electron chi connectivity index (χ0n) is 12.8. The third-order valence-electron chi connectivity index (χ3n) is 2.41. The van der Waals surface area contributed by atoms with Crippen LogP contribution in [0.15, 0.2) is 11.4 Å². The average Bonchev–Trinajstić information content (AvgIpc) is 2.13. The van der Waals surface area contributed by atoms with Gasteiger partial charge in [0.2, 0.25) is 27.1 Å². The molecule has 0 fully saturated rings. The second kappa shape index (κ2) is 7.48. The number of rotatable bonds is 8. The summed E-state index contributed by atoms with van der Waals surface area (Å²) < 4.78 is 12.0. The minimum absolute atomic E-state index is 0.578. The van der Waals surface area contributed by atoms with Gasteiger partial charge >= 0.3 is 0 Å². The maximum absolute atomic E-state index is 10.1. The maximum atomic E-state index is 10.1. The zero-order valence-corrected chi connectivity index (χ0v) is 17.9. The Kier molecular flexibility index (Phi) is 7.77. The molecular formula is C10H27O3Si5. The summed E-state index contributed by atoms with van der Waals surface area (Å²) in [5.74, 6) is 0. The minimum atomic E-state index is -2.25. The van der Waals surface area contributed by atoms with E-state index in [1.54, 1.807) is 0 Å². The molecule has 105 valence electrons.